The summed E-state index contributed by atoms with van der Waals surface area (Å²) in [6.07, 6.45) is 0. The third-order valence-electron chi connectivity index (χ3n) is 2.07. The first-order valence-electron chi connectivity index (χ1n) is 4.72. The number of aromatic nitrogens is 2. The van der Waals surface area contributed by atoms with Gasteiger partial charge < -0.3 is 9.42 Å². The van der Waals surface area contributed by atoms with Crippen LogP contribution in [-0.2, 0) is 6.54 Å². The lowest BCUT2D eigenvalue weighted by Gasteiger charge is -2.13. The summed E-state index contributed by atoms with van der Waals surface area (Å²) in [4.78, 5) is 17.4. The maximum Gasteiger partial charge on any atom is 0.273 e. The van der Waals surface area contributed by atoms with Crippen LogP contribution in [0.3, 0.4) is 0 Å². The second-order valence-electron chi connectivity index (χ2n) is 3.46. The van der Waals surface area contributed by atoms with Gasteiger partial charge in [-0.05, 0) is 6.92 Å². The summed E-state index contributed by atoms with van der Waals surface area (Å²) >= 11 is 1.40. The number of rotatable bonds is 3. The molecule has 0 aliphatic rings. The first kappa shape index (κ1) is 10.8. The predicted octanol–water partition coefficient (Wildman–Crippen LogP) is 1.71. The molecule has 2 heterocycles. The fourth-order valence-corrected chi connectivity index (χ4v) is 1.85. The topological polar surface area (TPSA) is 59.2 Å². The van der Waals surface area contributed by atoms with Crippen molar-refractivity contribution in [3.63, 3.8) is 0 Å². The van der Waals surface area contributed by atoms with Crippen molar-refractivity contribution in [2.75, 3.05) is 7.05 Å². The van der Waals surface area contributed by atoms with Crippen LogP contribution in [0.25, 0.3) is 0 Å². The first-order valence-corrected chi connectivity index (χ1v) is 5.67. The van der Waals surface area contributed by atoms with Crippen LogP contribution >= 0.6 is 11.3 Å². The minimum absolute atomic E-state index is 0.109. The Morgan fingerprint density at radius 1 is 1.62 bits per heavy atom. The molecule has 0 aromatic carbocycles. The molecule has 1 amide bonds. The summed E-state index contributed by atoms with van der Waals surface area (Å²) in [5.74, 6) is 0.631. The van der Waals surface area contributed by atoms with Crippen molar-refractivity contribution >= 4 is 17.2 Å². The van der Waals surface area contributed by atoms with Gasteiger partial charge in [-0.2, -0.15) is 0 Å². The van der Waals surface area contributed by atoms with E-state index in [1.165, 1.54) is 11.3 Å². The number of hydrogen-bond acceptors (Lipinski definition) is 5. The van der Waals surface area contributed by atoms with Crippen LogP contribution in [0.5, 0.6) is 0 Å². The minimum atomic E-state index is -0.109. The minimum Gasteiger partial charge on any atom is -0.361 e. The molecular formula is C10H11N3O2S. The summed E-state index contributed by atoms with van der Waals surface area (Å²) < 4.78 is 4.93. The Labute approximate surface area is 96.7 Å². The van der Waals surface area contributed by atoms with E-state index in [9.17, 15) is 4.79 Å². The van der Waals surface area contributed by atoms with Crippen LogP contribution in [-0.4, -0.2) is 28.0 Å². The summed E-state index contributed by atoms with van der Waals surface area (Å²) in [7, 11) is 1.71. The number of hydrogen-bond donors (Lipinski definition) is 0. The van der Waals surface area contributed by atoms with Crippen molar-refractivity contribution in [2.24, 2.45) is 0 Å². The van der Waals surface area contributed by atoms with Crippen molar-refractivity contribution in [3.05, 3.63) is 34.1 Å². The van der Waals surface area contributed by atoms with Crippen molar-refractivity contribution in [2.45, 2.75) is 13.5 Å². The lowest BCUT2D eigenvalue weighted by Crippen LogP contribution is -2.26. The van der Waals surface area contributed by atoms with Gasteiger partial charge in [0.05, 0.1) is 12.1 Å². The van der Waals surface area contributed by atoms with Gasteiger partial charge in [0.15, 0.2) is 0 Å². The van der Waals surface area contributed by atoms with Crippen molar-refractivity contribution in [1.29, 1.82) is 0 Å². The molecule has 0 fully saturated rings. The van der Waals surface area contributed by atoms with E-state index in [-0.39, 0.29) is 5.91 Å². The highest BCUT2D eigenvalue weighted by molar-refractivity contribution is 7.07. The molecule has 0 unspecified atom stereocenters. The van der Waals surface area contributed by atoms with E-state index in [1.807, 2.05) is 13.0 Å². The summed E-state index contributed by atoms with van der Waals surface area (Å²) in [5.41, 5.74) is 2.85. The smallest absolute Gasteiger partial charge is 0.273 e. The van der Waals surface area contributed by atoms with Crippen molar-refractivity contribution in [1.82, 2.24) is 15.0 Å². The van der Waals surface area contributed by atoms with E-state index in [1.54, 1.807) is 22.8 Å². The molecule has 0 spiro atoms. The third-order valence-corrected chi connectivity index (χ3v) is 2.66. The molecule has 2 rings (SSSR count). The Bertz CT molecular complexity index is 478. The monoisotopic (exact) mass is 237 g/mol. The van der Waals surface area contributed by atoms with Gasteiger partial charge in [0.2, 0.25) is 0 Å². The fraction of sp³-hybridized carbons (Fsp3) is 0.300. The van der Waals surface area contributed by atoms with Crippen molar-refractivity contribution < 1.29 is 9.32 Å². The number of carbonyl (C=O) groups excluding carboxylic acids is 1. The fourth-order valence-electron chi connectivity index (χ4n) is 1.32. The van der Waals surface area contributed by atoms with Crippen molar-refractivity contribution in [3.8, 4) is 0 Å². The van der Waals surface area contributed by atoms with Crippen LogP contribution in [0.15, 0.2) is 21.5 Å². The molecule has 6 heteroatoms. The van der Waals surface area contributed by atoms with Gasteiger partial charge in [-0.3, -0.25) is 4.79 Å². The van der Waals surface area contributed by atoms with Gasteiger partial charge in [0.25, 0.3) is 5.91 Å². The van der Waals surface area contributed by atoms with Crippen LogP contribution in [0.1, 0.15) is 21.9 Å². The van der Waals surface area contributed by atoms with E-state index in [0.717, 1.165) is 11.5 Å². The maximum atomic E-state index is 11.8. The Morgan fingerprint density at radius 2 is 2.44 bits per heavy atom. The van der Waals surface area contributed by atoms with Gasteiger partial charge in [-0.25, -0.2) is 4.98 Å². The molecule has 2 aromatic heterocycles. The molecule has 16 heavy (non-hydrogen) atoms. The van der Waals surface area contributed by atoms with E-state index >= 15 is 0 Å². The number of amides is 1. The summed E-state index contributed by atoms with van der Waals surface area (Å²) in [5, 5.41) is 5.56. The Kier molecular flexibility index (Phi) is 3.00. The largest absolute Gasteiger partial charge is 0.361 e. The molecule has 0 radical (unpaired) electrons. The van der Waals surface area contributed by atoms with E-state index in [2.05, 4.69) is 10.1 Å². The molecule has 0 aliphatic carbocycles. The summed E-state index contributed by atoms with van der Waals surface area (Å²) in [6.45, 7) is 2.24. The van der Waals surface area contributed by atoms with Crippen LogP contribution in [0.4, 0.5) is 0 Å². The van der Waals surface area contributed by atoms with Crippen LogP contribution in [0.2, 0.25) is 0 Å². The number of thiazole rings is 1. The number of carbonyl (C=O) groups is 1. The third kappa shape index (κ3) is 2.27. The van der Waals surface area contributed by atoms with Gasteiger partial charge in [0, 0.05) is 18.5 Å². The quantitative estimate of drug-likeness (QED) is 0.815. The van der Waals surface area contributed by atoms with Gasteiger partial charge in [0.1, 0.15) is 17.1 Å². The lowest BCUT2D eigenvalue weighted by molar-refractivity contribution is 0.0777. The Balaban J connectivity index is 2.03. The number of aryl methyl sites for hydroxylation is 1. The van der Waals surface area contributed by atoms with E-state index in [4.69, 9.17) is 4.52 Å². The first-order chi connectivity index (χ1) is 7.66. The van der Waals surface area contributed by atoms with Crippen LogP contribution < -0.4 is 0 Å². The lowest BCUT2D eigenvalue weighted by atomic mass is 10.3. The average Bonchev–Trinajstić information content (AvgIpc) is 2.88. The molecular weight excluding hydrogens is 226 g/mol. The highest BCUT2D eigenvalue weighted by Gasteiger charge is 2.15. The average molecular weight is 237 g/mol. The Morgan fingerprint density at radius 3 is 3.00 bits per heavy atom. The zero-order valence-electron chi connectivity index (χ0n) is 9.01. The molecule has 5 nitrogen and oxygen atoms in total. The molecule has 0 aliphatic heterocycles. The van der Waals surface area contributed by atoms with Gasteiger partial charge >= 0.3 is 0 Å². The second kappa shape index (κ2) is 4.44. The normalized spacial score (nSPS) is 10.4. The highest BCUT2D eigenvalue weighted by Crippen LogP contribution is 2.08. The standard InChI is InChI=1S/C10H11N3O2S/c1-7-3-8(12-15-7)4-13(2)10(14)9-5-16-6-11-9/h3,5-6H,4H2,1-2H3. The number of nitrogens with zero attached hydrogens (tertiary/aromatic N) is 3. The molecule has 2 aromatic rings. The van der Waals surface area contributed by atoms with Crippen LogP contribution in [0, 0.1) is 6.92 Å². The van der Waals surface area contributed by atoms with Gasteiger partial charge in [-0.15, -0.1) is 11.3 Å². The maximum absolute atomic E-state index is 11.8. The zero-order valence-corrected chi connectivity index (χ0v) is 9.82. The molecule has 0 N–H and O–H groups in total. The second-order valence-corrected chi connectivity index (χ2v) is 4.18. The van der Waals surface area contributed by atoms with E-state index in [0.29, 0.717) is 12.2 Å². The predicted molar refractivity (Wildman–Crippen MR) is 59.2 cm³/mol. The van der Waals surface area contributed by atoms with E-state index < -0.39 is 0 Å². The SMILES string of the molecule is Cc1cc(CN(C)C(=O)c2cscn2)no1. The molecule has 0 atom stereocenters. The molecule has 0 saturated heterocycles. The zero-order chi connectivity index (χ0) is 11.5. The molecule has 84 valence electrons. The van der Waals surface area contributed by atoms with Gasteiger partial charge in [-0.1, -0.05) is 5.16 Å². The Hall–Kier alpha value is -1.69. The summed E-state index contributed by atoms with van der Waals surface area (Å²) in [6, 6.07) is 1.81. The highest BCUT2D eigenvalue weighted by atomic mass is 32.1. The molecule has 0 bridgehead atoms. The molecule has 0 saturated carbocycles.